The van der Waals surface area contributed by atoms with Gasteiger partial charge in [0.15, 0.2) is 11.0 Å². The van der Waals surface area contributed by atoms with Gasteiger partial charge in [-0.05, 0) is 30.3 Å². The molecule has 4 rings (SSSR count). The van der Waals surface area contributed by atoms with E-state index in [-0.39, 0.29) is 5.75 Å². The second kappa shape index (κ2) is 9.11. The Morgan fingerprint density at radius 3 is 2.63 bits per heavy atom. The third-order valence-corrected chi connectivity index (χ3v) is 6.49. The summed E-state index contributed by atoms with van der Waals surface area (Å²) in [6.45, 7) is -2.85. The monoisotopic (exact) mass is 464 g/mol. The molecule has 0 aliphatic rings. The van der Waals surface area contributed by atoms with Crippen LogP contribution in [0.1, 0.15) is 5.69 Å². The summed E-state index contributed by atoms with van der Waals surface area (Å²) in [5, 5.41) is 12.7. The largest absolute Gasteiger partial charge is 0.435 e. The van der Waals surface area contributed by atoms with Gasteiger partial charge in [-0.25, -0.2) is 4.98 Å². The molecule has 0 radical (unpaired) electrons. The van der Waals surface area contributed by atoms with E-state index in [1.807, 2.05) is 41.3 Å². The maximum Gasteiger partial charge on any atom is 0.387 e. The van der Waals surface area contributed by atoms with Crippen LogP contribution >= 0.6 is 34.7 Å². The first-order valence-corrected chi connectivity index (χ1v) is 11.0. The van der Waals surface area contributed by atoms with Crippen LogP contribution in [0.2, 0.25) is 5.02 Å². The molecule has 0 fully saturated rings. The fourth-order valence-electron chi connectivity index (χ4n) is 2.75. The van der Waals surface area contributed by atoms with Crippen molar-refractivity contribution in [3.8, 4) is 27.7 Å². The summed E-state index contributed by atoms with van der Waals surface area (Å²) in [5.74, 6) is 1.37. The predicted molar refractivity (Wildman–Crippen MR) is 115 cm³/mol. The van der Waals surface area contributed by atoms with Gasteiger partial charge in [0.1, 0.15) is 10.8 Å². The molecule has 0 aliphatic heterocycles. The fourth-order valence-corrected chi connectivity index (χ4v) is 4.80. The number of aromatic nitrogens is 4. The minimum atomic E-state index is -2.85. The first-order chi connectivity index (χ1) is 14.5. The van der Waals surface area contributed by atoms with Gasteiger partial charge in [0.2, 0.25) is 0 Å². The van der Waals surface area contributed by atoms with E-state index in [1.165, 1.54) is 23.9 Å². The Morgan fingerprint density at radius 1 is 1.13 bits per heavy atom. The van der Waals surface area contributed by atoms with Gasteiger partial charge in [-0.2, -0.15) is 8.78 Å². The SMILES string of the molecule is Cn1c(SCc2csc(-c3ccccc3Cl)n2)nnc1-c1ccc(OC(F)F)cc1. The van der Waals surface area contributed by atoms with Crippen molar-refractivity contribution in [3.05, 3.63) is 64.6 Å². The average molecular weight is 465 g/mol. The van der Waals surface area contributed by atoms with Gasteiger partial charge in [-0.15, -0.1) is 21.5 Å². The summed E-state index contributed by atoms with van der Waals surface area (Å²) in [6.07, 6.45) is 0. The minimum Gasteiger partial charge on any atom is -0.435 e. The normalized spacial score (nSPS) is 11.2. The summed E-state index contributed by atoms with van der Waals surface area (Å²) in [7, 11) is 1.86. The number of benzene rings is 2. The molecule has 0 saturated carbocycles. The average Bonchev–Trinajstić information content (AvgIpc) is 3.34. The number of thiazole rings is 1. The van der Waals surface area contributed by atoms with Crippen LogP contribution in [0.25, 0.3) is 22.0 Å². The summed E-state index contributed by atoms with van der Waals surface area (Å²) in [5.41, 5.74) is 2.60. The number of alkyl halides is 2. The van der Waals surface area contributed by atoms with Gasteiger partial charge in [0.05, 0.1) is 10.7 Å². The van der Waals surface area contributed by atoms with Crippen molar-refractivity contribution < 1.29 is 13.5 Å². The molecule has 2 heterocycles. The molecule has 0 N–H and O–H groups in total. The Kier molecular flexibility index (Phi) is 6.31. The molecule has 154 valence electrons. The van der Waals surface area contributed by atoms with Crippen molar-refractivity contribution in [3.63, 3.8) is 0 Å². The maximum atomic E-state index is 12.3. The third kappa shape index (κ3) is 4.63. The third-order valence-electron chi connectivity index (χ3n) is 4.18. The molecule has 30 heavy (non-hydrogen) atoms. The molecule has 10 heteroatoms. The smallest absolute Gasteiger partial charge is 0.387 e. The molecule has 4 aromatic rings. The lowest BCUT2D eigenvalue weighted by atomic mass is 10.2. The molecule has 2 aromatic heterocycles. The van der Waals surface area contributed by atoms with E-state index in [2.05, 4.69) is 19.9 Å². The molecule has 2 aromatic carbocycles. The highest BCUT2D eigenvalue weighted by molar-refractivity contribution is 7.98. The van der Waals surface area contributed by atoms with Crippen LogP contribution in [0, 0.1) is 0 Å². The number of ether oxygens (including phenoxy) is 1. The number of nitrogens with zero attached hydrogens (tertiary/aromatic N) is 4. The highest BCUT2D eigenvalue weighted by Gasteiger charge is 2.14. The zero-order valence-corrected chi connectivity index (χ0v) is 18.0. The fraction of sp³-hybridized carbons (Fsp3) is 0.150. The number of halogens is 3. The summed E-state index contributed by atoms with van der Waals surface area (Å²) < 4.78 is 30.8. The van der Waals surface area contributed by atoms with Crippen LogP contribution in [-0.4, -0.2) is 26.4 Å². The summed E-state index contributed by atoms with van der Waals surface area (Å²) >= 11 is 9.32. The van der Waals surface area contributed by atoms with Gasteiger partial charge >= 0.3 is 6.61 Å². The van der Waals surface area contributed by atoms with Gasteiger partial charge in [-0.1, -0.05) is 41.6 Å². The highest BCUT2D eigenvalue weighted by Crippen LogP contribution is 2.32. The zero-order valence-electron chi connectivity index (χ0n) is 15.6. The standard InChI is InChI=1S/C20H15ClF2N4OS2/c1-27-17(12-6-8-14(9-7-12)28-19(22)23)25-26-20(27)30-11-13-10-29-18(24-13)15-4-2-3-5-16(15)21/h2-10,19H,11H2,1H3. The molecule has 0 saturated heterocycles. The van der Waals surface area contributed by atoms with Crippen molar-refractivity contribution in [1.82, 2.24) is 19.7 Å². The number of hydrogen-bond donors (Lipinski definition) is 0. The van der Waals surface area contributed by atoms with Crippen LogP contribution in [0.5, 0.6) is 5.75 Å². The van der Waals surface area contributed by atoms with E-state index in [0.717, 1.165) is 27.0 Å². The summed E-state index contributed by atoms with van der Waals surface area (Å²) in [4.78, 5) is 4.66. The lowest BCUT2D eigenvalue weighted by Gasteiger charge is -2.06. The number of rotatable bonds is 7. The van der Waals surface area contributed by atoms with Gasteiger partial charge in [-0.3, -0.25) is 0 Å². The van der Waals surface area contributed by atoms with Crippen molar-refractivity contribution >= 4 is 34.7 Å². The molecule has 0 atom stereocenters. The zero-order chi connectivity index (χ0) is 21.1. The van der Waals surface area contributed by atoms with Gasteiger partial charge < -0.3 is 9.30 Å². The Balaban J connectivity index is 1.44. The second-order valence-corrected chi connectivity index (χ2v) is 8.39. The highest BCUT2D eigenvalue weighted by atomic mass is 35.5. The molecule has 0 unspecified atom stereocenters. The predicted octanol–water partition coefficient (Wildman–Crippen LogP) is 6.15. The molecule has 0 amide bonds. The lowest BCUT2D eigenvalue weighted by Crippen LogP contribution is -2.01. The van der Waals surface area contributed by atoms with Crippen LogP contribution in [0.4, 0.5) is 8.78 Å². The van der Waals surface area contributed by atoms with Gasteiger partial charge in [0, 0.05) is 29.3 Å². The lowest BCUT2D eigenvalue weighted by molar-refractivity contribution is -0.0498. The molecule has 0 bridgehead atoms. The molecular formula is C20H15ClF2N4OS2. The van der Waals surface area contributed by atoms with E-state index in [4.69, 9.17) is 11.6 Å². The van der Waals surface area contributed by atoms with E-state index >= 15 is 0 Å². The summed E-state index contributed by atoms with van der Waals surface area (Å²) in [6, 6.07) is 13.9. The van der Waals surface area contributed by atoms with Crippen LogP contribution in [0.3, 0.4) is 0 Å². The van der Waals surface area contributed by atoms with E-state index in [9.17, 15) is 8.78 Å². The Hall–Kier alpha value is -2.49. The van der Waals surface area contributed by atoms with Gasteiger partial charge in [0.25, 0.3) is 0 Å². The number of hydrogen-bond acceptors (Lipinski definition) is 6. The van der Waals surface area contributed by atoms with Crippen molar-refractivity contribution in [2.75, 3.05) is 0 Å². The van der Waals surface area contributed by atoms with E-state index in [1.54, 1.807) is 23.5 Å². The number of thioether (sulfide) groups is 1. The quantitative estimate of drug-likeness (QED) is 0.307. The molecule has 5 nitrogen and oxygen atoms in total. The Labute approximate surface area is 184 Å². The maximum absolute atomic E-state index is 12.3. The Morgan fingerprint density at radius 2 is 1.90 bits per heavy atom. The first-order valence-electron chi connectivity index (χ1n) is 8.78. The van der Waals surface area contributed by atoms with E-state index < -0.39 is 6.61 Å². The molecule has 0 aliphatic carbocycles. The van der Waals surface area contributed by atoms with Crippen LogP contribution in [-0.2, 0) is 12.8 Å². The van der Waals surface area contributed by atoms with E-state index in [0.29, 0.717) is 16.6 Å². The van der Waals surface area contributed by atoms with Crippen LogP contribution < -0.4 is 4.74 Å². The first kappa shape index (κ1) is 20.8. The Bertz CT molecular complexity index is 1150. The van der Waals surface area contributed by atoms with Crippen molar-refractivity contribution in [2.24, 2.45) is 7.05 Å². The van der Waals surface area contributed by atoms with Crippen LogP contribution in [0.15, 0.2) is 59.1 Å². The molecule has 0 spiro atoms. The van der Waals surface area contributed by atoms with Crippen molar-refractivity contribution in [1.29, 1.82) is 0 Å². The second-order valence-electron chi connectivity index (χ2n) is 6.18. The molecular weight excluding hydrogens is 450 g/mol. The topological polar surface area (TPSA) is 52.8 Å². The minimum absolute atomic E-state index is 0.100. The van der Waals surface area contributed by atoms with Crippen molar-refractivity contribution in [2.45, 2.75) is 17.5 Å².